The molecule has 0 atom stereocenters. The highest BCUT2D eigenvalue weighted by Crippen LogP contribution is 2.10. The quantitative estimate of drug-likeness (QED) is 0.516. The van der Waals surface area contributed by atoms with Crippen LogP contribution in [0.5, 0.6) is 0 Å². The summed E-state index contributed by atoms with van der Waals surface area (Å²) in [7, 11) is 0. The average Bonchev–Trinajstić information content (AvgIpc) is 2.27. The Morgan fingerprint density at radius 2 is 1.47 bits per heavy atom. The van der Waals surface area contributed by atoms with Gasteiger partial charge in [0.15, 0.2) is 0 Å². The summed E-state index contributed by atoms with van der Waals surface area (Å²) in [6.45, 7) is 2.26. The van der Waals surface area contributed by atoms with Crippen LogP contribution in [0.4, 0.5) is 0 Å². The molecule has 0 bridgehead atoms. The lowest BCUT2D eigenvalue weighted by atomic mass is 10.0. The van der Waals surface area contributed by atoms with Crippen LogP contribution >= 0.6 is 12.6 Å². The highest BCUT2D eigenvalue weighted by Gasteiger charge is 1.94. The molecular weight excluding hydrogens is 200 g/mol. The van der Waals surface area contributed by atoms with Crippen LogP contribution in [0.2, 0.25) is 0 Å². The zero-order valence-corrected chi connectivity index (χ0v) is 10.6. The second-order valence-corrected chi connectivity index (χ2v) is 4.55. The van der Waals surface area contributed by atoms with Crippen LogP contribution in [0, 0.1) is 0 Å². The number of benzene rings is 1. The second kappa shape index (κ2) is 7.81. The molecule has 0 heterocycles. The molecule has 0 aliphatic rings. The zero-order chi connectivity index (χ0) is 10.9. The van der Waals surface area contributed by atoms with E-state index < -0.39 is 0 Å². The van der Waals surface area contributed by atoms with Crippen LogP contribution < -0.4 is 0 Å². The van der Waals surface area contributed by atoms with Crippen molar-refractivity contribution < 1.29 is 0 Å². The van der Waals surface area contributed by atoms with Gasteiger partial charge >= 0.3 is 0 Å². The van der Waals surface area contributed by atoms with E-state index in [0.717, 1.165) is 12.2 Å². The maximum atomic E-state index is 4.24. The van der Waals surface area contributed by atoms with Gasteiger partial charge in [0.2, 0.25) is 0 Å². The molecule has 0 N–H and O–H groups in total. The Labute approximate surface area is 99.5 Å². The van der Waals surface area contributed by atoms with Gasteiger partial charge in [0.25, 0.3) is 0 Å². The van der Waals surface area contributed by atoms with E-state index in [1.807, 2.05) is 0 Å². The molecule has 0 fully saturated rings. The molecular formula is C14H22S. The van der Waals surface area contributed by atoms with Gasteiger partial charge in [0.05, 0.1) is 0 Å². The van der Waals surface area contributed by atoms with Gasteiger partial charge in [-0.3, -0.25) is 0 Å². The van der Waals surface area contributed by atoms with Crippen LogP contribution in [-0.4, -0.2) is 5.75 Å². The summed E-state index contributed by atoms with van der Waals surface area (Å²) in [6.07, 6.45) is 7.72. The number of hydrogen-bond donors (Lipinski definition) is 1. The number of rotatable bonds is 7. The summed E-state index contributed by atoms with van der Waals surface area (Å²) in [5, 5.41) is 0. The van der Waals surface area contributed by atoms with Gasteiger partial charge in [-0.2, -0.15) is 12.6 Å². The van der Waals surface area contributed by atoms with Gasteiger partial charge in [0.1, 0.15) is 0 Å². The van der Waals surface area contributed by atoms with Crippen LogP contribution in [0.25, 0.3) is 0 Å². The highest BCUT2D eigenvalue weighted by molar-refractivity contribution is 7.80. The molecule has 0 aliphatic carbocycles. The molecule has 0 radical (unpaired) electrons. The highest BCUT2D eigenvalue weighted by atomic mass is 32.1. The molecule has 0 nitrogen and oxygen atoms in total. The van der Waals surface area contributed by atoms with Crippen LogP contribution in [0.3, 0.4) is 0 Å². The van der Waals surface area contributed by atoms with E-state index in [2.05, 4.69) is 43.8 Å². The molecule has 0 aromatic heterocycles. The number of unbranched alkanes of at least 4 members (excludes halogenated alkanes) is 3. The molecule has 0 saturated heterocycles. The fourth-order valence-corrected chi connectivity index (χ4v) is 2.02. The summed E-state index contributed by atoms with van der Waals surface area (Å²) in [4.78, 5) is 0. The molecule has 0 unspecified atom stereocenters. The molecule has 84 valence electrons. The van der Waals surface area contributed by atoms with Crippen molar-refractivity contribution in [2.45, 2.75) is 45.4 Å². The zero-order valence-electron chi connectivity index (χ0n) is 9.71. The van der Waals surface area contributed by atoms with Crippen molar-refractivity contribution in [1.29, 1.82) is 0 Å². The lowest BCUT2D eigenvalue weighted by molar-refractivity contribution is 0.667. The molecule has 1 aromatic carbocycles. The third-order valence-electron chi connectivity index (χ3n) is 2.74. The molecule has 1 aromatic rings. The first kappa shape index (κ1) is 12.6. The number of hydrogen-bond acceptors (Lipinski definition) is 1. The summed E-state index contributed by atoms with van der Waals surface area (Å²) in [5.74, 6) is 0.940. The Hall–Kier alpha value is -0.430. The standard InChI is InChI=1S/C14H22S/c1-2-3-4-5-6-13-7-9-14(10-8-13)11-12-15/h7-10,15H,2-6,11-12H2,1H3. The minimum atomic E-state index is 0.940. The smallest absolute Gasteiger partial charge is 0.00574 e. The van der Waals surface area contributed by atoms with Gasteiger partial charge in [-0.1, -0.05) is 50.5 Å². The van der Waals surface area contributed by atoms with Crippen molar-refractivity contribution in [3.63, 3.8) is 0 Å². The van der Waals surface area contributed by atoms with Gasteiger partial charge in [-0.15, -0.1) is 0 Å². The van der Waals surface area contributed by atoms with Gasteiger partial charge < -0.3 is 0 Å². The summed E-state index contributed by atoms with van der Waals surface area (Å²) in [5.41, 5.74) is 2.89. The van der Waals surface area contributed by atoms with Gasteiger partial charge in [0, 0.05) is 0 Å². The lowest BCUT2D eigenvalue weighted by Gasteiger charge is -2.03. The first-order valence-corrected chi connectivity index (χ1v) is 6.68. The minimum Gasteiger partial charge on any atom is -0.179 e. The van der Waals surface area contributed by atoms with Crippen LogP contribution in [0.1, 0.15) is 43.7 Å². The van der Waals surface area contributed by atoms with Crippen LogP contribution in [0.15, 0.2) is 24.3 Å². The van der Waals surface area contributed by atoms with E-state index in [-0.39, 0.29) is 0 Å². The van der Waals surface area contributed by atoms with Crippen molar-refractivity contribution in [2.75, 3.05) is 5.75 Å². The van der Waals surface area contributed by atoms with Crippen molar-refractivity contribution in [3.8, 4) is 0 Å². The normalized spacial score (nSPS) is 10.5. The van der Waals surface area contributed by atoms with Gasteiger partial charge in [-0.05, 0) is 36.1 Å². The second-order valence-electron chi connectivity index (χ2n) is 4.10. The molecule has 0 saturated carbocycles. The maximum absolute atomic E-state index is 4.24. The molecule has 1 rings (SSSR count). The van der Waals surface area contributed by atoms with E-state index in [4.69, 9.17) is 0 Å². The maximum Gasteiger partial charge on any atom is -0.00574 e. The molecule has 1 heteroatoms. The first-order chi connectivity index (χ1) is 7.36. The average molecular weight is 222 g/mol. The molecule has 0 amide bonds. The van der Waals surface area contributed by atoms with Gasteiger partial charge in [-0.25, -0.2) is 0 Å². The van der Waals surface area contributed by atoms with E-state index in [9.17, 15) is 0 Å². The summed E-state index contributed by atoms with van der Waals surface area (Å²) < 4.78 is 0. The third kappa shape index (κ3) is 5.27. The fourth-order valence-electron chi connectivity index (χ4n) is 1.76. The van der Waals surface area contributed by atoms with E-state index in [1.54, 1.807) is 0 Å². The van der Waals surface area contributed by atoms with E-state index in [1.165, 1.54) is 43.2 Å². The van der Waals surface area contributed by atoms with E-state index >= 15 is 0 Å². The number of aryl methyl sites for hydroxylation is 2. The van der Waals surface area contributed by atoms with Crippen molar-refractivity contribution in [2.24, 2.45) is 0 Å². The number of thiol groups is 1. The minimum absolute atomic E-state index is 0.940. The molecule has 0 aliphatic heterocycles. The summed E-state index contributed by atoms with van der Waals surface area (Å²) in [6, 6.07) is 9.02. The Balaban J connectivity index is 2.29. The third-order valence-corrected chi connectivity index (χ3v) is 2.97. The first-order valence-electron chi connectivity index (χ1n) is 6.05. The SMILES string of the molecule is CCCCCCc1ccc(CCS)cc1. The van der Waals surface area contributed by atoms with Crippen LogP contribution in [-0.2, 0) is 12.8 Å². The predicted molar refractivity (Wildman–Crippen MR) is 71.8 cm³/mol. The Morgan fingerprint density at radius 3 is 2.00 bits per heavy atom. The Kier molecular flexibility index (Phi) is 6.58. The Morgan fingerprint density at radius 1 is 0.867 bits per heavy atom. The fraction of sp³-hybridized carbons (Fsp3) is 0.571. The molecule has 15 heavy (non-hydrogen) atoms. The molecule has 0 spiro atoms. The topological polar surface area (TPSA) is 0 Å². The Bertz CT molecular complexity index is 251. The monoisotopic (exact) mass is 222 g/mol. The largest absolute Gasteiger partial charge is 0.179 e. The lowest BCUT2D eigenvalue weighted by Crippen LogP contribution is -1.89. The predicted octanol–water partition coefficient (Wildman–Crippen LogP) is 4.28. The van der Waals surface area contributed by atoms with E-state index in [0.29, 0.717) is 0 Å². The van der Waals surface area contributed by atoms with Crippen molar-refractivity contribution in [3.05, 3.63) is 35.4 Å². The van der Waals surface area contributed by atoms with Crippen molar-refractivity contribution >= 4 is 12.6 Å². The van der Waals surface area contributed by atoms with Crippen molar-refractivity contribution in [1.82, 2.24) is 0 Å². The summed E-state index contributed by atoms with van der Waals surface area (Å²) >= 11 is 4.24.